The second-order valence-corrected chi connectivity index (χ2v) is 6.62. The quantitative estimate of drug-likeness (QED) is 0.738. The molecule has 0 aliphatic carbocycles. The summed E-state index contributed by atoms with van der Waals surface area (Å²) >= 11 is 6.10. The van der Waals surface area contributed by atoms with Crippen LogP contribution in [-0.2, 0) is 4.79 Å². The Hall–Kier alpha value is -1.26. The molecule has 23 heavy (non-hydrogen) atoms. The van der Waals surface area contributed by atoms with Gasteiger partial charge in [-0.1, -0.05) is 23.7 Å². The number of hydrogen-bond acceptors (Lipinski definition) is 3. The molecular formula is C18H27ClN2O2. The fraction of sp³-hybridized carbons (Fsp3) is 0.611. The molecule has 1 amide bonds. The summed E-state index contributed by atoms with van der Waals surface area (Å²) in [7, 11) is 0. The molecule has 1 saturated heterocycles. The molecule has 0 spiro atoms. The molecular weight excluding hydrogens is 312 g/mol. The number of carbonyl (C=O) groups is 1. The highest BCUT2D eigenvalue weighted by molar-refractivity contribution is 6.32. The van der Waals surface area contributed by atoms with Gasteiger partial charge < -0.3 is 15.0 Å². The normalized spacial score (nSPS) is 16.3. The van der Waals surface area contributed by atoms with Crippen molar-refractivity contribution in [1.29, 1.82) is 0 Å². The van der Waals surface area contributed by atoms with Gasteiger partial charge in [0.2, 0.25) is 5.91 Å². The van der Waals surface area contributed by atoms with Gasteiger partial charge in [-0.3, -0.25) is 4.79 Å². The summed E-state index contributed by atoms with van der Waals surface area (Å²) < 4.78 is 5.67. The predicted molar refractivity (Wildman–Crippen MR) is 94.2 cm³/mol. The van der Waals surface area contributed by atoms with Crippen LogP contribution < -0.4 is 10.1 Å². The van der Waals surface area contributed by atoms with Crippen LogP contribution in [0, 0.1) is 6.92 Å². The summed E-state index contributed by atoms with van der Waals surface area (Å²) in [6, 6.07) is 6.15. The highest BCUT2D eigenvalue weighted by Gasteiger charge is 2.18. The number of amides is 1. The summed E-state index contributed by atoms with van der Waals surface area (Å²) in [6.45, 7) is 7.45. The number of para-hydroxylation sites is 1. The minimum absolute atomic E-state index is 0.0931. The van der Waals surface area contributed by atoms with Crippen LogP contribution in [-0.4, -0.2) is 43.1 Å². The number of rotatable bonds is 8. The molecule has 128 valence electrons. The van der Waals surface area contributed by atoms with Gasteiger partial charge in [-0.2, -0.15) is 0 Å². The number of carbonyl (C=O) groups excluding carboxylic acids is 1. The van der Waals surface area contributed by atoms with Crippen LogP contribution in [0.5, 0.6) is 5.75 Å². The second-order valence-electron chi connectivity index (χ2n) is 6.22. The van der Waals surface area contributed by atoms with Crippen molar-refractivity contribution in [2.24, 2.45) is 0 Å². The first-order valence-electron chi connectivity index (χ1n) is 8.46. The molecule has 1 aromatic rings. The molecule has 1 atom stereocenters. The molecule has 0 unspecified atom stereocenters. The number of aryl methyl sites for hydroxylation is 1. The van der Waals surface area contributed by atoms with Crippen molar-refractivity contribution >= 4 is 17.5 Å². The molecule has 5 heteroatoms. The molecule has 1 fully saturated rings. The van der Waals surface area contributed by atoms with E-state index in [1.807, 2.05) is 25.1 Å². The Morgan fingerprint density at radius 3 is 2.83 bits per heavy atom. The topological polar surface area (TPSA) is 41.6 Å². The fourth-order valence-electron chi connectivity index (χ4n) is 2.94. The largest absolute Gasteiger partial charge is 0.490 e. The van der Waals surface area contributed by atoms with Crippen LogP contribution in [0.15, 0.2) is 18.2 Å². The lowest BCUT2D eigenvalue weighted by Gasteiger charge is -2.23. The third-order valence-electron chi connectivity index (χ3n) is 4.39. The molecule has 1 aliphatic rings. The van der Waals surface area contributed by atoms with Crippen molar-refractivity contribution in [3.8, 4) is 5.75 Å². The van der Waals surface area contributed by atoms with E-state index in [9.17, 15) is 4.79 Å². The highest BCUT2D eigenvalue weighted by atomic mass is 35.5. The lowest BCUT2D eigenvalue weighted by atomic mass is 10.1. The number of halogens is 1. The fourth-order valence-corrected chi connectivity index (χ4v) is 3.21. The van der Waals surface area contributed by atoms with Gasteiger partial charge in [-0.15, -0.1) is 0 Å². The van der Waals surface area contributed by atoms with E-state index in [2.05, 4.69) is 17.1 Å². The minimum Gasteiger partial charge on any atom is -0.490 e. The maximum absolute atomic E-state index is 11.9. The van der Waals surface area contributed by atoms with Gasteiger partial charge in [-0.25, -0.2) is 0 Å². The van der Waals surface area contributed by atoms with E-state index < -0.39 is 0 Å². The zero-order chi connectivity index (χ0) is 16.7. The first-order valence-corrected chi connectivity index (χ1v) is 8.84. The van der Waals surface area contributed by atoms with Gasteiger partial charge in [0.25, 0.3) is 0 Å². The van der Waals surface area contributed by atoms with Crippen molar-refractivity contribution in [2.75, 3.05) is 26.2 Å². The van der Waals surface area contributed by atoms with E-state index in [-0.39, 0.29) is 5.91 Å². The molecule has 0 radical (unpaired) electrons. The lowest BCUT2D eigenvalue weighted by Crippen LogP contribution is -2.33. The Bertz CT molecular complexity index is 495. The first-order chi connectivity index (χ1) is 11.1. The number of hydrogen-bond donors (Lipinski definition) is 1. The van der Waals surface area contributed by atoms with Crippen LogP contribution in [0.25, 0.3) is 0 Å². The predicted octanol–water partition coefficient (Wildman–Crippen LogP) is 3.41. The van der Waals surface area contributed by atoms with Crippen molar-refractivity contribution in [3.05, 3.63) is 28.8 Å². The number of nitrogens with zero attached hydrogens (tertiary/aromatic N) is 1. The summed E-state index contributed by atoms with van der Waals surface area (Å²) in [5.74, 6) is 0.793. The number of ether oxygens (including phenoxy) is 1. The van der Waals surface area contributed by atoms with Gasteiger partial charge >= 0.3 is 0 Å². The molecule has 1 heterocycles. The van der Waals surface area contributed by atoms with Crippen LogP contribution in [0.3, 0.4) is 0 Å². The van der Waals surface area contributed by atoms with E-state index >= 15 is 0 Å². The third kappa shape index (κ3) is 5.70. The van der Waals surface area contributed by atoms with Gasteiger partial charge in [-0.05, 0) is 57.8 Å². The van der Waals surface area contributed by atoms with Crippen molar-refractivity contribution in [2.45, 2.75) is 45.6 Å². The average Bonchev–Trinajstić information content (AvgIpc) is 3.06. The van der Waals surface area contributed by atoms with Gasteiger partial charge in [0.05, 0.1) is 11.6 Å². The molecule has 4 nitrogen and oxygen atoms in total. The highest BCUT2D eigenvalue weighted by Crippen LogP contribution is 2.27. The van der Waals surface area contributed by atoms with E-state index in [0.29, 0.717) is 36.4 Å². The van der Waals surface area contributed by atoms with Crippen LogP contribution in [0.1, 0.15) is 38.2 Å². The van der Waals surface area contributed by atoms with E-state index in [1.54, 1.807) is 0 Å². The van der Waals surface area contributed by atoms with Gasteiger partial charge in [0.1, 0.15) is 12.4 Å². The molecule has 0 saturated carbocycles. The number of nitrogens with one attached hydrogen (secondary N) is 1. The van der Waals surface area contributed by atoms with E-state index in [4.69, 9.17) is 16.3 Å². The standard InChI is InChI=1S/C18H27ClN2O2/c1-14-6-5-7-16(19)18(14)23-13-10-20-17(22)9-8-15(2)21-11-3-4-12-21/h5-7,15H,3-4,8-13H2,1-2H3,(H,20,22)/t15-/m0/s1. The third-order valence-corrected chi connectivity index (χ3v) is 4.69. The number of benzene rings is 1. The zero-order valence-corrected chi connectivity index (χ0v) is 14.9. The molecule has 0 bridgehead atoms. The lowest BCUT2D eigenvalue weighted by molar-refractivity contribution is -0.121. The Balaban J connectivity index is 1.61. The Morgan fingerprint density at radius 2 is 2.13 bits per heavy atom. The van der Waals surface area contributed by atoms with Crippen LogP contribution in [0.2, 0.25) is 5.02 Å². The van der Waals surface area contributed by atoms with Crippen molar-refractivity contribution in [1.82, 2.24) is 10.2 Å². The molecule has 1 N–H and O–H groups in total. The summed E-state index contributed by atoms with van der Waals surface area (Å²) in [5.41, 5.74) is 1.00. The average molecular weight is 339 g/mol. The Morgan fingerprint density at radius 1 is 1.39 bits per heavy atom. The number of likely N-dealkylation sites (tertiary alicyclic amines) is 1. The van der Waals surface area contributed by atoms with Gasteiger partial charge in [0, 0.05) is 12.5 Å². The monoisotopic (exact) mass is 338 g/mol. The van der Waals surface area contributed by atoms with Crippen molar-refractivity contribution < 1.29 is 9.53 Å². The van der Waals surface area contributed by atoms with Gasteiger partial charge in [0.15, 0.2) is 0 Å². The zero-order valence-electron chi connectivity index (χ0n) is 14.1. The van der Waals surface area contributed by atoms with Crippen LogP contribution in [0.4, 0.5) is 0 Å². The first kappa shape index (κ1) is 18.1. The Labute approximate surface area is 144 Å². The summed E-state index contributed by atoms with van der Waals surface area (Å²) in [5, 5.41) is 3.52. The second kappa shape index (κ2) is 9.14. The SMILES string of the molecule is Cc1cccc(Cl)c1OCCNC(=O)CC[C@H](C)N1CCCC1. The maximum atomic E-state index is 11.9. The minimum atomic E-state index is 0.0931. The molecule has 2 rings (SSSR count). The summed E-state index contributed by atoms with van der Waals surface area (Å²) in [6.07, 6.45) is 4.06. The Kier molecular flexibility index (Phi) is 7.18. The maximum Gasteiger partial charge on any atom is 0.220 e. The van der Waals surface area contributed by atoms with Crippen LogP contribution >= 0.6 is 11.6 Å². The molecule has 1 aromatic carbocycles. The van der Waals surface area contributed by atoms with E-state index in [1.165, 1.54) is 25.9 Å². The molecule has 1 aliphatic heterocycles. The smallest absolute Gasteiger partial charge is 0.220 e. The molecule has 0 aromatic heterocycles. The summed E-state index contributed by atoms with van der Waals surface area (Å²) in [4.78, 5) is 14.4. The van der Waals surface area contributed by atoms with E-state index in [0.717, 1.165) is 12.0 Å². The van der Waals surface area contributed by atoms with Crippen molar-refractivity contribution in [3.63, 3.8) is 0 Å².